The number of halogens is 2. The predicted molar refractivity (Wildman–Crippen MR) is 151 cm³/mol. The molecule has 0 fully saturated rings. The number of alkyl halides is 2. The van der Waals surface area contributed by atoms with Crippen LogP contribution in [0.1, 0.15) is 84.0 Å². The highest BCUT2D eigenvalue weighted by molar-refractivity contribution is 5.67. The minimum atomic E-state index is -0.734. The summed E-state index contributed by atoms with van der Waals surface area (Å²) >= 11 is 0. The van der Waals surface area contributed by atoms with E-state index in [4.69, 9.17) is 0 Å². The summed E-state index contributed by atoms with van der Waals surface area (Å²) in [5.74, 6) is 0. The van der Waals surface area contributed by atoms with Crippen LogP contribution in [0.4, 0.5) is 18.4 Å². The Morgan fingerprint density at radius 1 is 0.585 bits per heavy atom. The fourth-order valence-electron chi connectivity index (χ4n) is 4.20. The van der Waals surface area contributed by atoms with Gasteiger partial charge in [-0.25, -0.2) is 46.5 Å². The summed E-state index contributed by atoms with van der Waals surface area (Å²) in [4.78, 5) is 61.9. The topological polar surface area (TPSA) is 143 Å². The maximum Gasteiger partial charge on any atom is 0.407 e. The van der Waals surface area contributed by atoms with Gasteiger partial charge in [-0.2, -0.15) is 0 Å². The van der Waals surface area contributed by atoms with Crippen LogP contribution in [0, 0.1) is 0 Å². The first kappa shape index (κ1) is 35.8. The molecule has 1 aromatic heterocycles. The molecule has 0 atom stereocenters. The van der Waals surface area contributed by atoms with Crippen molar-refractivity contribution in [2.75, 3.05) is 39.7 Å². The Morgan fingerprint density at radius 3 is 1.27 bits per heavy atom. The highest BCUT2D eigenvalue weighted by atomic mass is 19.1. The molecule has 236 valence electrons. The summed E-state index contributed by atoms with van der Waals surface area (Å²) in [6, 6.07) is 0. The third kappa shape index (κ3) is 14.8. The van der Waals surface area contributed by atoms with Crippen molar-refractivity contribution in [2.45, 2.75) is 104 Å². The van der Waals surface area contributed by atoms with E-state index in [2.05, 4.69) is 27.0 Å². The summed E-state index contributed by atoms with van der Waals surface area (Å²) in [6.07, 6.45) is 7.55. The first-order valence-corrected chi connectivity index (χ1v) is 14.7. The average Bonchev–Trinajstić information content (AvgIpc) is 2.96. The van der Waals surface area contributed by atoms with Crippen LogP contribution in [0.25, 0.3) is 0 Å². The van der Waals surface area contributed by atoms with Crippen molar-refractivity contribution < 1.29 is 27.8 Å². The van der Waals surface area contributed by atoms with Crippen LogP contribution >= 0.6 is 0 Å². The first-order chi connectivity index (χ1) is 19.9. The minimum Gasteiger partial charge on any atom is -0.447 e. The summed E-state index contributed by atoms with van der Waals surface area (Å²) < 4.78 is 36.7. The lowest BCUT2D eigenvalue weighted by Gasteiger charge is -2.14. The van der Waals surface area contributed by atoms with Gasteiger partial charge in [-0.1, -0.05) is 51.9 Å². The molecule has 14 heteroatoms. The molecule has 1 aromatic rings. The SMILES string of the molecule is CCCCCCn1c(=O)n(CCCCCCNC(=O)OCCF)c(=O)n(CCCCCCNC(=O)OCCF)c1=O. The Hall–Kier alpha value is -3.19. The van der Waals surface area contributed by atoms with Gasteiger partial charge in [-0.05, 0) is 32.1 Å². The Bertz CT molecular complexity index is 986. The number of carbonyl (C=O) groups is 2. The second-order valence-electron chi connectivity index (χ2n) is 9.70. The molecule has 12 nitrogen and oxygen atoms in total. The van der Waals surface area contributed by atoms with E-state index in [1.54, 1.807) is 0 Å². The molecule has 0 radical (unpaired) electrons. The Labute approximate surface area is 239 Å². The zero-order valence-electron chi connectivity index (χ0n) is 24.3. The largest absolute Gasteiger partial charge is 0.447 e. The van der Waals surface area contributed by atoms with Crippen molar-refractivity contribution in [3.8, 4) is 0 Å². The molecule has 2 N–H and O–H groups in total. The number of unbranched alkanes of at least 4 members (excludes halogenated alkanes) is 9. The molecule has 0 aliphatic rings. The molecule has 41 heavy (non-hydrogen) atoms. The maximum absolute atomic E-state index is 13.1. The molecular weight excluding hydrogens is 544 g/mol. The van der Waals surface area contributed by atoms with Crippen molar-refractivity contribution in [3.05, 3.63) is 31.5 Å². The lowest BCUT2D eigenvalue weighted by Crippen LogP contribution is -2.54. The van der Waals surface area contributed by atoms with E-state index in [0.717, 1.165) is 45.8 Å². The zero-order chi connectivity index (χ0) is 30.3. The molecule has 0 saturated heterocycles. The van der Waals surface area contributed by atoms with Gasteiger partial charge in [-0.15, -0.1) is 0 Å². The lowest BCUT2D eigenvalue weighted by molar-refractivity contribution is 0.137. The van der Waals surface area contributed by atoms with E-state index in [-0.39, 0.29) is 32.8 Å². The van der Waals surface area contributed by atoms with Gasteiger partial charge in [0.25, 0.3) is 0 Å². The smallest absolute Gasteiger partial charge is 0.407 e. The van der Waals surface area contributed by atoms with E-state index < -0.39 is 42.6 Å². The van der Waals surface area contributed by atoms with Crippen molar-refractivity contribution in [1.82, 2.24) is 24.3 Å². The number of rotatable bonds is 23. The predicted octanol–water partition coefficient (Wildman–Crippen LogP) is 3.26. The van der Waals surface area contributed by atoms with Crippen molar-refractivity contribution in [2.24, 2.45) is 0 Å². The lowest BCUT2D eigenvalue weighted by atomic mass is 10.2. The van der Waals surface area contributed by atoms with Gasteiger partial charge in [0, 0.05) is 32.7 Å². The highest BCUT2D eigenvalue weighted by Gasteiger charge is 2.15. The molecule has 0 bridgehead atoms. The second-order valence-corrected chi connectivity index (χ2v) is 9.70. The van der Waals surface area contributed by atoms with E-state index in [1.807, 2.05) is 0 Å². The third-order valence-electron chi connectivity index (χ3n) is 6.40. The summed E-state index contributed by atoms with van der Waals surface area (Å²) in [5, 5.41) is 5.06. The van der Waals surface area contributed by atoms with Crippen LogP contribution in [0.2, 0.25) is 0 Å². The van der Waals surface area contributed by atoms with E-state index >= 15 is 0 Å². The molecule has 0 aliphatic heterocycles. The van der Waals surface area contributed by atoms with Gasteiger partial charge in [0.2, 0.25) is 0 Å². The maximum atomic E-state index is 13.1. The second kappa shape index (κ2) is 22.5. The number of carbonyl (C=O) groups excluding carboxylic acids is 2. The fourth-order valence-corrected chi connectivity index (χ4v) is 4.20. The molecule has 0 saturated carbocycles. The van der Waals surface area contributed by atoms with Gasteiger partial charge in [0.15, 0.2) is 0 Å². The van der Waals surface area contributed by atoms with E-state index in [0.29, 0.717) is 58.0 Å². The fraction of sp³-hybridized carbons (Fsp3) is 0.815. The van der Waals surface area contributed by atoms with E-state index in [9.17, 15) is 32.8 Å². The minimum absolute atomic E-state index is 0.184. The zero-order valence-corrected chi connectivity index (χ0v) is 24.3. The number of alkyl carbamates (subject to hydrolysis) is 2. The summed E-state index contributed by atoms with van der Waals surface area (Å²) in [5.41, 5.74) is -1.79. The molecule has 0 spiro atoms. The molecular formula is C27H47F2N5O7. The quantitative estimate of drug-likeness (QED) is 0.186. The Morgan fingerprint density at radius 2 is 0.927 bits per heavy atom. The molecule has 0 aliphatic carbocycles. The molecule has 2 amide bonds. The highest BCUT2D eigenvalue weighted by Crippen LogP contribution is 2.03. The third-order valence-corrected chi connectivity index (χ3v) is 6.40. The summed E-state index contributed by atoms with van der Waals surface area (Å²) in [7, 11) is 0. The average molecular weight is 592 g/mol. The van der Waals surface area contributed by atoms with Crippen molar-refractivity contribution >= 4 is 12.2 Å². The van der Waals surface area contributed by atoms with Gasteiger partial charge in [-0.3, -0.25) is 0 Å². The van der Waals surface area contributed by atoms with Gasteiger partial charge in [0.05, 0.1) is 0 Å². The number of hydrogen-bond donors (Lipinski definition) is 2. The van der Waals surface area contributed by atoms with Crippen LogP contribution in [-0.4, -0.2) is 65.5 Å². The number of aromatic nitrogens is 3. The van der Waals surface area contributed by atoms with Crippen LogP contribution in [-0.2, 0) is 29.1 Å². The number of amides is 2. The normalized spacial score (nSPS) is 10.9. The van der Waals surface area contributed by atoms with Gasteiger partial charge < -0.3 is 20.1 Å². The number of ether oxygens (including phenoxy) is 2. The molecule has 0 aromatic carbocycles. The van der Waals surface area contributed by atoms with Crippen molar-refractivity contribution in [3.63, 3.8) is 0 Å². The van der Waals surface area contributed by atoms with Crippen LogP contribution in [0.3, 0.4) is 0 Å². The van der Waals surface area contributed by atoms with Crippen LogP contribution < -0.4 is 27.7 Å². The molecule has 1 rings (SSSR count). The van der Waals surface area contributed by atoms with Crippen LogP contribution in [0.15, 0.2) is 14.4 Å². The molecule has 1 heterocycles. The Kier molecular flexibility index (Phi) is 19.7. The number of nitrogens with zero attached hydrogens (tertiary/aromatic N) is 3. The summed E-state index contributed by atoms with van der Waals surface area (Å²) in [6.45, 7) is 1.42. The Balaban J connectivity index is 2.69. The number of nitrogens with one attached hydrogen (secondary N) is 2. The van der Waals surface area contributed by atoms with Gasteiger partial charge in [0.1, 0.15) is 26.6 Å². The monoisotopic (exact) mass is 591 g/mol. The first-order valence-electron chi connectivity index (χ1n) is 14.7. The van der Waals surface area contributed by atoms with E-state index in [1.165, 1.54) is 0 Å². The van der Waals surface area contributed by atoms with Crippen molar-refractivity contribution in [1.29, 1.82) is 0 Å². The number of hydrogen-bond acceptors (Lipinski definition) is 7. The van der Waals surface area contributed by atoms with Gasteiger partial charge >= 0.3 is 29.3 Å². The standard InChI is InChI=1S/C27H47F2N5O7/c1-2-3-4-11-18-32-25(37)33(19-12-7-5-9-16-30-23(35)40-21-14-28)27(39)34(26(32)38)20-13-8-6-10-17-31-24(36)41-22-15-29/h2-22H2,1H3,(H,30,35)(H,31,36). The van der Waals surface area contributed by atoms with Crippen LogP contribution in [0.5, 0.6) is 0 Å². The molecule has 0 unspecified atom stereocenters.